The Kier molecular flexibility index (Phi) is 9.03. The predicted molar refractivity (Wildman–Crippen MR) is 138 cm³/mol. The lowest BCUT2D eigenvalue weighted by molar-refractivity contribution is -0.113. The van der Waals surface area contributed by atoms with E-state index < -0.39 is 0 Å². The van der Waals surface area contributed by atoms with Gasteiger partial charge in [0.05, 0.1) is 25.6 Å². The molecule has 0 aliphatic carbocycles. The minimum Gasteiger partial charge on any atom is -0.490 e. The van der Waals surface area contributed by atoms with Crippen LogP contribution in [-0.4, -0.2) is 41.7 Å². The van der Waals surface area contributed by atoms with Crippen molar-refractivity contribution in [3.05, 3.63) is 42.0 Å². The first-order chi connectivity index (χ1) is 16.8. The van der Waals surface area contributed by atoms with E-state index in [2.05, 4.69) is 36.3 Å². The second-order valence-corrected chi connectivity index (χ2v) is 9.53. The van der Waals surface area contributed by atoms with Crippen LogP contribution < -0.4 is 19.5 Å². The summed E-state index contributed by atoms with van der Waals surface area (Å²) in [4.78, 5) is 12.6. The van der Waals surface area contributed by atoms with Crippen molar-refractivity contribution in [3.8, 4) is 28.7 Å². The van der Waals surface area contributed by atoms with Crippen LogP contribution in [0.15, 0.2) is 46.0 Å². The highest BCUT2D eigenvalue weighted by atomic mass is 32.2. The van der Waals surface area contributed by atoms with Gasteiger partial charge in [0, 0.05) is 11.3 Å². The lowest BCUT2D eigenvalue weighted by Gasteiger charge is -2.22. The van der Waals surface area contributed by atoms with Gasteiger partial charge in [-0.2, -0.15) is 0 Å². The van der Waals surface area contributed by atoms with Crippen molar-refractivity contribution in [2.24, 2.45) is 0 Å². The predicted octanol–water partition coefficient (Wildman–Crippen LogP) is 5.96. The van der Waals surface area contributed by atoms with Gasteiger partial charge in [-0.1, -0.05) is 50.7 Å². The summed E-state index contributed by atoms with van der Waals surface area (Å²) in [5.41, 5.74) is 2.43. The van der Waals surface area contributed by atoms with Crippen molar-refractivity contribution >= 4 is 23.4 Å². The van der Waals surface area contributed by atoms with E-state index in [1.807, 2.05) is 45.0 Å². The molecule has 0 saturated carbocycles. The zero-order chi connectivity index (χ0) is 25.4. The monoisotopic (exact) mass is 499 g/mol. The average Bonchev–Trinajstić information content (AvgIpc) is 3.29. The molecule has 0 fully saturated rings. The van der Waals surface area contributed by atoms with Crippen LogP contribution in [0.25, 0.3) is 11.5 Å². The maximum absolute atomic E-state index is 12.6. The minimum absolute atomic E-state index is 0.0865. The number of nitrogens with zero attached hydrogens (tertiary/aromatic N) is 2. The summed E-state index contributed by atoms with van der Waals surface area (Å²) in [5, 5.41) is 11.5. The van der Waals surface area contributed by atoms with Crippen LogP contribution in [0.3, 0.4) is 0 Å². The van der Waals surface area contributed by atoms with Crippen molar-refractivity contribution in [3.63, 3.8) is 0 Å². The molecular weight excluding hydrogens is 466 g/mol. The Bertz CT molecular complexity index is 1110. The van der Waals surface area contributed by atoms with E-state index in [9.17, 15) is 4.79 Å². The number of carbonyl (C=O) groups is 1. The standard InChI is InChI=1S/C26H33N3O5S/c1-7-31-20-14-17(15-21(32-8-2)23(20)33-9-3)24-28-29-25(34-24)35-16-22(30)27-19-13-11-10-12-18(19)26(4,5)6/h10-15H,7-9,16H2,1-6H3,(H,27,30). The van der Waals surface area contributed by atoms with Crippen molar-refractivity contribution in [2.75, 3.05) is 30.9 Å². The normalized spacial score (nSPS) is 11.3. The lowest BCUT2D eigenvalue weighted by atomic mass is 9.86. The summed E-state index contributed by atoms with van der Waals surface area (Å²) in [6.45, 7) is 13.4. The number of rotatable bonds is 11. The Hall–Kier alpha value is -3.20. The number of hydrogen-bond acceptors (Lipinski definition) is 8. The smallest absolute Gasteiger partial charge is 0.277 e. The number of aromatic nitrogens is 2. The minimum atomic E-state index is -0.148. The molecular formula is C26H33N3O5S. The molecule has 9 heteroatoms. The Balaban J connectivity index is 1.73. The van der Waals surface area contributed by atoms with Crippen LogP contribution in [0.4, 0.5) is 5.69 Å². The fourth-order valence-corrected chi connectivity index (χ4v) is 4.02. The third-order valence-corrected chi connectivity index (χ3v) is 5.72. The average molecular weight is 500 g/mol. The summed E-state index contributed by atoms with van der Waals surface area (Å²) in [5.74, 6) is 1.92. The summed E-state index contributed by atoms with van der Waals surface area (Å²) < 4.78 is 23.1. The van der Waals surface area contributed by atoms with Crippen LogP contribution >= 0.6 is 11.8 Å². The summed E-state index contributed by atoms with van der Waals surface area (Å²) in [6.07, 6.45) is 0. The zero-order valence-corrected chi connectivity index (χ0v) is 22.0. The van der Waals surface area contributed by atoms with E-state index in [-0.39, 0.29) is 17.1 Å². The topological polar surface area (TPSA) is 95.7 Å². The van der Waals surface area contributed by atoms with Crippen LogP contribution in [-0.2, 0) is 10.2 Å². The molecule has 0 saturated heterocycles. The molecule has 0 atom stereocenters. The molecule has 0 aliphatic heterocycles. The van der Waals surface area contributed by atoms with Crippen molar-refractivity contribution < 1.29 is 23.4 Å². The van der Waals surface area contributed by atoms with E-state index >= 15 is 0 Å². The van der Waals surface area contributed by atoms with Gasteiger partial charge >= 0.3 is 0 Å². The highest BCUT2D eigenvalue weighted by Crippen LogP contribution is 2.42. The second-order valence-electron chi connectivity index (χ2n) is 8.61. The van der Waals surface area contributed by atoms with E-state index in [0.717, 1.165) is 11.3 Å². The number of hydrogen-bond donors (Lipinski definition) is 1. The number of thioether (sulfide) groups is 1. The molecule has 188 valence electrons. The molecule has 1 heterocycles. The van der Waals surface area contributed by atoms with Crippen LogP contribution in [0.2, 0.25) is 0 Å². The van der Waals surface area contributed by atoms with E-state index in [4.69, 9.17) is 18.6 Å². The van der Waals surface area contributed by atoms with Crippen molar-refractivity contribution in [1.29, 1.82) is 0 Å². The van der Waals surface area contributed by atoms with E-state index in [0.29, 0.717) is 53.7 Å². The molecule has 0 bridgehead atoms. The molecule has 0 unspecified atom stereocenters. The Morgan fingerprint density at radius 2 is 1.60 bits per heavy atom. The number of benzene rings is 2. The van der Waals surface area contributed by atoms with Gasteiger partial charge in [0.15, 0.2) is 11.5 Å². The highest BCUT2D eigenvalue weighted by Gasteiger charge is 2.21. The number of anilines is 1. The number of ether oxygens (including phenoxy) is 3. The lowest BCUT2D eigenvalue weighted by Crippen LogP contribution is -2.19. The summed E-state index contributed by atoms with van der Waals surface area (Å²) in [6, 6.07) is 11.4. The fraction of sp³-hybridized carbons (Fsp3) is 0.423. The Morgan fingerprint density at radius 1 is 0.971 bits per heavy atom. The van der Waals surface area contributed by atoms with Crippen LogP contribution in [0.1, 0.15) is 47.1 Å². The SMILES string of the molecule is CCOc1cc(-c2nnc(SCC(=O)Nc3ccccc3C(C)(C)C)o2)cc(OCC)c1OCC. The molecule has 8 nitrogen and oxygen atoms in total. The number of carbonyl (C=O) groups excluding carboxylic acids is 1. The largest absolute Gasteiger partial charge is 0.490 e. The second kappa shape index (κ2) is 12.0. The molecule has 1 amide bonds. The third kappa shape index (κ3) is 6.91. The first-order valence-corrected chi connectivity index (χ1v) is 12.7. The van der Waals surface area contributed by atoms with Gasteiger partial charge in [-0.05, 0) is 49.9 Å². The molecule has 1 N–H and O–H groups in total. The number of amides is 1. The maximum atomic E-state index is 12.6. The van der Waals surface area contributed by atoms with E-state index in [1.165, 1.54) is 11.8 Å². The molecule has 0 aliphatic rings. The third-order valence-electron chi connectivity index (χ3n) is 4.90. The van der Waals surface area contributed by atoms with E-state index in [1.54, 1.807) is 12.1 Å². The van der Waals surface area contributed by atoms with Gasteiger partial charge < -0.3 is 23.9 Å². The highest BCUT2D eigenvalue weighted by molar-refractivity contribution is 7.99. The Labute approximate surface area is 210 Å². The molecule has 0 radical (unpaired) electrons. The molecule has 3 aromatic rings. The van der Waals surface area contributed by atoms with Gasteiger partial charge in [0.2, 0.25) is 17.5 Å². The van der Waals surface area contributed by atoms with Crippen molar-refractivity contribution in [1.82, 2.24) is 10.2 Å². The summed E-state index contributed by atoms with van der Waals surface area (Å²) >= 11 is 1.18. The van der Waals surface area contributed by atoms with Crippen LogP contribution in [0, 0.1) is 0 Å². The maximum Gasteiger partial charge on any atom is 0.277 e. The first-order valence-electron chi connectivity index (χ1n) is 11.7. The van der Waals surface area contributed by atoms with Gasteiger partial charge in [-0.3, -0.25) is 4.79 Å². The Morgan fingerprint density at radius 3 is 2.20 bits per heavy atom. The van der Waals surface area contributed by atoms with Gasteiger partial charge in [0.1, 0.15) is 0 Å². The fourth-order valence-electron chi connectivity index (χ4n) is 3.46. The number of para-hydroxylation sites is 1. The molecule has 2 aromatic carbocycles. The van der Waals surface area contributed by atoms with Crippen molar-refractivity contribution in [2.45, 2.75) is 52.2 Å². The first kappa shape index (κ1) is 26.4. The quantitative estimate of drug-likeness (QED) is 0.323. The number of nitrogens with one attached hydrogen (secondary N) is 1. The molecule has 3 rings (SSSR count). The zero-order valence-electron chi connectivity index (χ0n) is 21.1. The molecule has 0 spiro atoms. The molecule has 35 heavy (non-hydrogen) atoms. The van der Waals surface area contributed by atoms with Crippen LogP contribution in [0.5, 0.6) is 17.2 Å². The molecule has 1 aromatic heterocycles. The van der Waals surface area contributed by atoms with Gasteiger partial charge in [0.25, 0.3) is 5.22 Å². The van der Waals surface area contributed by atoms with Gasteiger partial charge in [-0.15, -0.1) is 10.2 Å². The van der Waals surface area contributed by atoms with Gasteiger partial charge in [-0.25, -0.2) is 0 Å². The summed E-state index contributed by atoms with van der Waals surface area (Å²) in [7, 11) is 0.